The largest absolute Gasteiger partial charge is 0.519 e. The molecule has 0 amide bonds. The highest BCUT2D eigenvalue weighted by atomic mass is 16.7. The predicted octanol–water partition coefficient (Wildman–Crippen LogP) is 3.27. The molecule has 2 aromatic carbocycles. The molecule has 0 atom stereocenters. The van der Waals surface area contributed by atoms with Crippen molar-refractivity contribution in [3.8, 4) is 17.2 Å². The maximum Gasteiger partial charge on any atom is 0.519 e. The monoisotopic (exact) mass is 244 g/mol. The van der Waals surface area contributed by atoms with Gasteiger partial charge in [0.05, 0.1) is 7.11 Å². The molecule has 0 aliphatic carbocycles. The Bertz CT molecular complexity index is 522. The van der Waals surface area contributed by atoms with Crippen molar-refractivity contribution in [3.05, 3.63) is 54.6 Å². The van der Waals surface area contributed by atoms with Gasteiger partial charge in [0.15, 0.2) is 11.5 Å². The van der Waals surface area contributed by atoms with Crippen LogP contribution in [0, 0.1) is 0 Å². The average molecular weight is 244 g/mol. The lowest BCUT2D eigenvalue weighted by atomic mass is 10.3. The van der Waals surface area contributed by atoms with Crippen molar-refractivity contribution in [2.24, 2.45) is 0 Å². The Morgan fingerprint density at radius 1 is 0.833 bits per heavy atom. The summed E-state index contributed by atoms with van der Waals surface area (Å²) in [5, 5.41) is 0. The van der Waals surface area contributed by atoms with Gasteiger partial charge in [-0.3, -0.25) is 0 Å². The molecule has 0 aliphatic rings. The molecule has 4 heteroatoms. The van der Waals surface area contributed by atoms with E-state index in [4.69, 9.17) is 14.2 Å². The molecule has 0 N–H and O–H groups in total. The number of para-hydroxylation sites is 3. The molecule has 0 heterocycles. The number of ether oxygens (including phenoxy) is 3. The van der Waals surface area contributed by atoms with Crippen LogP contribution in [0.3, 0.4) is 0 Å². The molecule has 2 aromatic rings. The number of methoxy groups -OCH3 is 1. The minimum absolute atomic E-state index is 0.320. The van der Waals surface area contributed by atoms with Gasteiger partial charge in [-0.2, -0.15) is 0 Å². The fraction of sp³-hybridized carbons (Fsp3) is 0.0714. The number of carbonyl (C=O) groups is 1. The van der Waals surface area contributed by atoms with Gasteiger partial charge in [0.2, 0.25) is 0 Å². The molecule has 4 nitrogen and oxygen atoms in total. The molecule has 0 aliphatic heterocycles. The topological polar surface area (TPSA) is 44.8 Å². The second-order valence-corrected chi connectivity index (χ2v) is 3.42. The van der Waals surface area contributed by atoms with Crippen molar-refractivity contribution >= 4 is 6.16 Å². The SMILES string of the molecule is COc1ccccc1OC(=O)Oc1ccccc1. The summed E-state index contributed by atoms with van der Waals surface area (Å²) < 4.78 is 15.1. The minimum Gasteiger partial charge on any atom is -0.493 e. The van der Waals surface area contributed by atoms with Gasteiger partial charge in [0.1, 0.15) is 5.75 Å². The average Bonchev–Trinajstić information content (AvgIpc) is 2.40. The lowest BCUT2D eigenvalue weighted by Crippen LogP contribution is -2.14. The van der Waals surface area contributed by atoms with E-state index >= 15 is 0 Å². The highest BCUT2D eigenvalue weighted by Crippen LogP contribution is 2.26. The van der Waals surface area contributed by atoms with E-state index in [1.54, 1.807) is 48.5 Å². The molecule has 0 bridgehead atoms. The third kappa shape index (κ3) is 3.01. The van der Waals surface area contributed by atoms with E-state index < -0.39 is 6.16 Å². The van der Waals surface area contributed by atoms with Crippen LogP contribution < -0.4 is 14.2 Å². The fourth-order valence-electron chi connectivity index (χ4n) is 1.40. The molecule has 0 fully saturated rings. The molecule has 18 heavy (non-hydrogen) atoms. The third-order valence-electron chi connectivity index (χ3n) is 2.21. The van der Waals surface area contributed by atoms with Crippen LogP contribution in [-0.2, 0) is 0 Å². The van der Waals surface area contributed by atoms with Crippen molar-refractivity contribution in [1.82, 2.24) is 0 Å². The van der Waals surface area contributed by atoms with E-state index in [0.29, 0.717) is 17.2 Å². The van der Waals surface area contributed by atoms with E-state index in [1.807, 2.05) is 6.07 Å². The van der Waals surface area contributed by atoms with Gasteiger partial charge in [-0.05, 0) is 24.3 Å². The van der Waals surface area contributed by atoms with Crippen LogP contribution in [-0.4, -0.2) is 13.3 Å². The van der Waals surface area contributed by atoms with Crippen molar-refractivity contribution in [2.45, 2.75) is 0 Å². The van der Waals surface area contributed by atoms with Gasteiger partial charge in [0.25, 0.3) is 0 Å². The van der Waals surface area contributed by atoms with Gasteiger partial charge < -0.3 is 14.2 Å². The van der Waals surface area contributed by atoms with Crippen LogP contribution in [0.2, 0.25) is 0 Å². The molecule has 0 aromatic heterocycles. The quantitative estimate of drug-likeness (QED) is 0.614. The summed E-state index contributed by atoms with van der Waals surface area (Å²) in [4.78, 5) is 11.6. The van der Waals surface area contributed by atoms with Gasteiger partial charge in [-0.15, -0.1) is 0 Å². The number of rotatable bonds is 3. The van der Waals surface area contributed by atoms with Crippen LogP contribution in [0.15, 0.2) is 54.6 Å². The summed E-state index contributed by atoms with van der Waals surface area (Å²) in [6, 6.07) is 15.6. The fourth-order valence-corrected chi connectivity index (χ4v) is 1.40. The zero-order chi connectivity index (χ0) is 12.8. The van der Waals surface area contributed by atoms with Crippen LogP contribution in [0.25, 0.3) is 0 Å². The smallest absolute Gasteiger partial charge is 0.493 e. The number of carbonyl (C=O) groups excluding carboxylic acids is 1. The first kappa shape index (κ1) is 12.0. The van der Waals surface area contributed by atoms with Crippen molar-refractivity contribution in [2.75, 3.05) is 7.11 Å². The van der Waals surface area contributed by atoms with E-state index in [1.165, 1.54) is 7.11 Å². The number of benzene rings is 2. The molecule has 92 valence electrons. The zero-order valence-corrected chi connectivity index (χ0v) is 9.83. The Hall–Kier alpha value is -2.49. The van der Waals surface area contributed by atoms with E-state index in [0.717, 1.165) is 0 Å². The standard InChI is InChI=1S/C14H12O4/c1-16-12-9-5-6-10-13(12)18-14(15)17-11-7-3-2-4-8-11/h2-10H,1H3. The van der Waals surface area contributed by atoms with E-state index in [-0.39, 0.29) is 0 Å². The lowest BCUT2D eigenvalue weighted by Gasteiger charge is -2.08. The Labute approximate surface area is 105 Å². The minimum atomic E-state index is -0.800. The molecular formula is C14H12O4. The predicted molar refractivity (Wildman–Crippen MR) is 66.1 cm³/mol. The summed E-state index contributed by atoms with van der Waals surface area (Å²) in [5.41, 5.74) is 0. The maximum absolute atomic E-state index is 11.6. The second kappa shape index (κ2) is 5.72. The van der Waals surface area contributed by atoms with Crippen molar-refractivity contribution in [1.29, 1.82) is 0 Å². The van der Waals surface area contributed by atoms with Crippen LogP contribution in [0.1, 0.15) is 0 Å². The number of hydrogen-bond donors (Lipinski definition) is 0. The molecule has 0 saturated heterocycles. The van der Waals surface area contributed by atoms with Crippen molar-refractivity contribution in [3.63, 3.8) is 0 Å². The van der Waals surface area contributed by atoms with Crippen molar-refractivity contribution < 1.29 is 19.0 Å². The Kier molecular flexibility index (Phi) is 3.81. The summed E-state index contributed by atoms with van der Waals surface area (Å²) >= 11 is 0. The zero-order valence-electron chi connectivity index (χ0n) is 9.83. The summed E-state index contributed by atoms with van der Waals surface area (Å²) in [6.45, 7) is 0. The van der Waals surface area contributed by atoms with Crippen LogP contribution in [0.4, 0.5) is 4.79 Å². The molecule has 0 spiro atoms. The Morgan fingerprint density at radius 3 is 2.11 bits per heavy atom. The summed E-state index contributed by atoms with van der Waals surface area (Å²) in [7, 11) is 1.50. The Balaban J connectivity index is 2.03. The number of hydrogen-bond acceptors (Lipinski definition) is 4. The summed E-state index contributed by atoms with van der Waals surface area (Å²) in [6.07, 6.45) is -0.800. The first-order valence-electron chi connectivity index (χ1n) is 5.37. The van der Waals surface area contributed by atoms with Gasteiger partial charge in [-0.25, -0.2) is 4.79 Å². The van der Waals surface area contributed by atoms with Gasteiger partial charge in [0, 0.05) is 0 Å². The third-order valence-corrected chi connectivity index (χ3v) is 2.21. The van der Waals surface area contributed by atoms with E-state index in [9.17, 15) is 4.79 Å². The van der Waals surface area contributed by atoms with E-state index in [2.05, 4.69) is 0 Å². The van der Waals surface area contributed by atoms with Crippen LogP contribution >= 0.6 is 0 Å². The normalized spacial score (nSPS) is 9.61. The molecule has 0 saturated carbocycles. The Morgan fingerprint density at radius 2 is 1.44 bits per heavy atom. The highest BCUT2D eigenvalue weighted by molar-refractivity contribution is 5.68. The van der Waals surface area contributed by atoms with Gasteiger partial charge in [-0.1, -0.05) is 30.3 Å². The highest BCUT2D eigenvalue weighted by Gasteiger charge is 2.11. The summed E-state index contributed by atoms with van der Waals surface area (Å²) in [5.74, 6) is 1.22. The molecule has 0 radical (unpaired) electrons. The second-order valence-electron chi connectivity index (χ2n) is 3.42. The molecular weight excluding hydrogens is 232 g/mol. The lowest BCUT2D eigenvalue weighted by molar-refractivity contribution is 0.150. The molecule has 0 unspecified atom stereocenters. The van der Waals surface area contributed by atoms with Crippen LogP contribution in [0.5, 0.6) is 17.2 Å². The first-order valence-corrected chi connectivity index (χ1v) is 5.37. The van der Waals surface area contributed by atoms with Gasteiger partial charge >= 0.3 is 6.16 Å². The first-order chi connectivity index (χ1) is 8.79. The maximum atomic E-state index is 11.6. The molecule has 2 rings (SSSR count).